The molecule has 3 aromatic rings. The van der Waals surface area contributed by atoms with E-state index >= 15 is 0 Å². The molecular formula is C20H20N2O3. The molecule has 0 saturated carbocycles. The molecule has 0 bridgehead atoms. The third kappa shape index (κ3) is 3.13. The number of carbonyl (C=O) groups excluding carboxylic acids is 2. The van der Waals surface area contributed by atoms with Crippen molar-refractivity contribution in [2.75, 3.05) is 6.61 Å². The molecule has 0 fully saturated rings. The third-order valence-corrected chi connectivity index (χ3v) is 4.16. The largest absolute Gasteiger partial charge is 0.484 e. The second kappa shape index (κ2) is 6.43. The van der Waals surface area contributed by atoms with Crippen molar-refractivity contribution in [1.29, 1.82) is 0 Å². The fourth-order valence-corrected chi connectivity index (χ4v) is 3.23. The standard InChI is InChI=1S/C20H20N2O3/c1-12-8-13(2)10-15(9-12)25-11-18(23)22-14(3)19(20(21)24)16-6-4-5-7-17(16)22/h4-10H,11H2,1-3H3,(H2,21,24). The fraction of sp³-hybridized carbons (Fsp3) is 0.200. The zero-order chi connectivity index (χ0) is 18.1. The number of hydrogen-bond acceptors (Lipinski definition) is 3. The number of benzene rings is 2. The number of aryl methyl sites for hydroxylation is 2. The van der Waals surface area contributed by atoms with Crippen LogP contribution in [0.25, 0.3) is 10.9 Å². The Morgan fingerprint density at radius 1 is 1.04 bits per heavy atom. The highest BCUT2D eigenvalue weighted by Gasteiger charge is 2.21. The van der Waals surface area contributed by atoms with Gasteiger partial charge in [-0.2, -0.15) is 0 Å². The summed E-state index contributed by atoms with van der Waals surface area (Å²) in [5, 5.41) is 0.673. The van der Waals surface area contributed by atoms with E-state index in [-0.39, 0.29) is 12.5 Å². The Balaban J connectivity index is 1.95. The van der Waals surface area contributed by atoms with Crippen molar-refractivity contribution in [3.63, 3.8) is 0 Å². The van der Waals surface area contributed by atoms with E-state index in [1.165, 1.54) is 4.57 Å². The van der Waals surface area contributed by atoms with Gasteiger partial charge in [-0.1, -0.05) is 24.3 Å². The van der Waals surface area contributed by atoms with E-state index in [4.69, 9.17) is 10.5 Å². The highest BCUT2D eigenvalue weighted by molar-refractivity contribution is 6.10. The van der Waals surface area contributed by atoms with E-state index < -0.39 is 5.91 Å². The van der Waals surface area contributed by atoms with Crippen LogP contribution >= 0.6 is 0 Å². The van der Waals surface area contributed by atoms with Gasteiger partial charge in [-0.25, -0.2) is 0 Å². The quantitative estimate of drug-likeness (QED) is 0.793. The van der Waals surface area contributed by atoms with Crippen LogP contribution in [0.3, 0.4) is 0 Å². The zero-order valence-electron chi connectivity index (χ0n) is 14.5. The third-order valence-electron chi connectivity index (χ3n) is 4.16. The number of amides is 1. The first-order valence-electron chi connectivity index (χ1n) is 8.02. The van der Waals surface area contributed by atoms with Gasteiger partial charge in [0, 0.05) is 11.1 Å². The number of fused-ring (bicyclic) bond motifs is 1. The fourth-order valence-electron chi connectivity index (χ4n) is 3.23. The van der Waals surface area contributed by atoms with Crippen LogP contribution < -0.4 is 10.5 Å². The van der Waals surface area contributed by atoms with E-state index in [1.807, 2.05) is 44.2 Å². The maximum atomic E-state index is 12.7. The Morgan fingerprint density at radius 3 is 2.32 bits per heavy atom. The van der Waals surface area contributed by atoms with E-state index in [2.05, 4.69) is 0 Å². The number of primary amides is 1. The van der Waals surface area contributed by atoms with Crippen molar-refractivity contribution in [3.05, 3.63) is 64.8 Å². The first-order valence-corrected chi connectivity index (χ1v) is 8.02. The number of ether oxygens (including phenoxy) is 1. The van der Waals surface area contributed by atoms with E-state index in [1.54, 1.807) is 19.1 Å². The Morgan fingerprint density at radius 2 is 1.68 bits per heavy atom. The number of para-hydroxylation sites is 1. The van der Waals surface area contributed by atoms with Crippen molar-refractivity contribution in [1.82, 2.24) is 4.57 Å². The molecule has 128 valence electrons. The predicted molar refractivity (Wildman–Crippen MR) is 97.2 cm³/mol. The normalized spacial score (nSPS) is 10.8. The minimum absolute atomic E-state index is 0.124. The van der Waals surface area contributed by atoms with Gasteiger partial charge in [0.25, 0.3) is 11.8 Å². The van der Waals surface area contributed by atoms with Gasteiger partial charge in [-0.15, -0.1) is 0 Å². The van der Waals surface area contributed by atoms with Crippen LogP contribution in [-0.4, -0.2) is 23.0 Å². The van der Waals surface area contributed by atoms with Crippen molar-refractivity contribution >= 4 is 22.7 Å². The number of carbonyl (C=O) groups is 2. The molecule has 2 N–H and O–H groups in total. The average molecular weight is 336 g/mol. The van der Waals surface area contributed by atoms with Gasteiger partial charge in [-0.05, 0) is 50.1 Å². The van der Waals surface area contributed by atoms with Gasteiger partial charge in [0.2, 0.25) is 0 Å². The van der Waals surface area contributed by atoms with Crippen molar-refractivity contribution in [3.8, 4) is 5.75 Å². The van der Waals surface area contributed by atoms with Crippen LogP contribution in [0.5, 0.6) is 5.75 Å². The molecule has 0 atom stereocenters. The maximum Gasteiger partial charge on any atom is 0.269 e. The summed E-state index contributed by atoms with van der Waals surface area (Å²) in [6, 6.07) is 13.0. The topological polar surface area (TPSA) is 74.3 Å². The summed E-state index contributed by atoms with van der Waals surface area (Å²) in [6.45, 7) is 5.55. The van der Waals surface area contributed by atoms with E-state index in [0.717, 1.165) is 11.1 Å². The Hall–Kier alpha value is -3.08. The molecule has 0 saturated heterocycles. The van der Waals surface area contributed by atoms with Crippen LogP contribution in [0.2, 0.25) is 0 Å². The first kappa shape index (κ1) is 16.8. The molecule has 1 amide bonds. The Labute approximate surface area is 146 Å². The number of nitrogens with two attached hydrogens (primary N) is 1. The molecular weight excluding hydrogens is 316 g/mol. The molecule has 3 rings (SSSR count). The van der Waals surface area contributed by atoms with Gasteiger partial charge in [0.05, 0.1) is 11.1 Å². The van der Waals surface area contributed by atoms with Gasteiger partial charge in [0.15, 0.2) is 6.61 Å². The second-order valence-corrected chi connectivity index (χ2v) is 6.18. The minimum atomic E-state index is -0.546. The number of hydrogen-bond donors (Lipinski definition) is 1. The summed E-state index contributed by atoms with van der Waals surface area (Å²) in [7, 11) is 0. The molecule has 5 nitrogen and oxygen atoms in total. The number of rotatable bonds is 4. The summed E-state index contributed by atoms with van der Waals surface area (Å²) >= 11 is 0. The summed E-state index contributed by atoms with van der Waals surface area (Å²) in [5.74, 6) is -0.147. The highest BCUT2D eigenvalue weighted by Crippen LogP contribution is 2.25. The Kier molecular flexibility index (Phi) is 4.31. The number of nitrogens with zero attached hydrogens (tertiary/aromatic N) is 1. The molecule has 0 aliphatic heterocycles. The molecule has 0 spiro atoms. The lowest BCUT2D eigenvalue weighted by Crippen LogP contribution is -2.21. The van der Waals surface area contributed by atoms with E-state index in [9.17, 15) is 9.59 Å². The monoisotopic (exact) mass is 336 g/mol. The Bertz CT molecular complexity index is 966. The average Bonchev–Trinajstić information content (AvgIpc) is 2.83. The molecule has 1 heterocycles. The molecule has 0 aliphatic rings. The summed E-state index contributed by atoms with van der Waals surface area (Å²) in [5.41, 5.74) is 9.19. The molecule has 0 unspecified atom stereocenters. The summed E-state index contributed by atoms with van der Waals surface area (Å²) in [6.07, 6.45) is 0. The molecule has 1 aromatic heterocycles. The smallest absolute Gasteiger partial charge is 0.269 e. The minimum Gasteiger partial charge on any atom is -0.484 e. The van der Waals surface area contributed by atoms with Crippen LogP contribution in [-0.2, 0) is 0 Å². The summed E-state index contributed by atoms with van der Waals surface area (Å²) < 4.78 is 7.17. The first-order chi connectivity index (χ1) is 11.9. The molecule has 0 aliphatic carbocycles. The molecule has 2 aromatic carbocycles. The van der Waals surface area contributed by atoms with Gasteiger partial charge >= 0.3 is 0 Å². The van der Waals surface area contributed by atoms with Crippen LogP contribution in [0.1, 0.15) is 32.0 Å². The lowest BCUT2D eigenvalue weighted by atomic mass is 10.1. The second-order valence-electron chi connectivity index (χ2n) is 6.18. The SMILES string of the molecule is Cc1cc(C)cc(OCC(=O)n2c(C)c(C(N)=O)c3ccccc32)c1. The number of aromatic nitrogens is 1. The van der Waals surface area contributed by atoms with E-state index in [0.29, 0.717) is 27.9 Å². The molecule has 0 radical (unpaired) electrons. The lowest BCUT2D eigenvalue weighted by Gasteiger charge is -2.10. The van der Waals surface area contributed by atoms with Crippen LogP contribution in [0.15, 0.2) is 42.5 Å². The highest BCUT2D eigenvalue weighted by atomic mass is 16.5. The van der Waals surface area contributed by atoms with Gasteiger partial charge < -0.3 is 10.5 Å². The maximum absolute atomic E-state index is 12.7. The van der Waals surface area contributed by atoms with Gasteiger partial charge in [0.1, 0.15) is 5.75 Å². The van der Waals surface area contributed by atoms with Crippen molar-refractivity contribution in [2.45, 2.75) is 20.8 Å². The summed E-state index contributed by atoms with van der Waals surface area (Å²) in [4.78, 5) is 24.5. The molecule has 5 heteroatoms. The van der Waals surface area contributed by atoms with Gasteiger partial charge in [-0.3, -0.25) is 14.2 Å². The van der Waals surface area contributed by atoms with Crippen LogP contribution in [0.4, 0.5) is 0 Å². The lowest BCUT2D eigenvalue weighted by molar-refractivity contribution is 0.0841. The predicted octanol–water partition coefficient (Wildman–Crippen LogP) is 3.38. The van der Waals surface area contributed by atoms with Crippen molar-refractivity contribution in [2.24, 2.45) is 5.73 Å². The molecule has 25 heavy (non-hydrogen) atoms. The van der Waals surface area contributed by atoms with Crippen LogP contribution in [0, 0.1) is 20.8 Å². The van der Waals surface area contributed by atoms with Crippen molar-refractivity contribution < 1.29 is 14.3 Å². The zero-order valence-corrected chi connectivity index (χ0v) is 14.5.